The van der Waals surface area contributed by atoms with Crippen molar-refractivity contribution in [2.75, 3.05) is 20.8 Å². The van der Waals surface area contributed by atoms with Gasteiger partial charge >= 0.3 is 12.1 Å². The fourth-order valence-corrected chi connectivity index (χ4v) is 2.67. The third kappa shape index (κ3) is 10.1. The molecule has 0 radical (unpaired) electrons. The Balaban J connectivity index is 5.34. The van der Waals surface area contributed by atoms with Crippen molar-refractivity contribution in [2.45, 2.75) is 65.1 Å². The van der Waals surface area contributed by atoms with Crippen molar-refractivity contribution in [1.82, 2.24) is 16.0 Å². The number of rotatable bonds is 12. The van der Waals surface area contributed by atoms with E-state index >= 15 is 0 Å². The molecule has 0 aliphatic carbocycles. The number of alkyl carbamates (subject to hydrolysis) is 1. The Hall–Kier alpha value is -2.36. The van der Waals surface area contributed by atoms with E-state index in [1.165, 1.54) is 14.2 Å². The maximum atomic E-state index is 12.8. The van der Waals surface area contributed by atoms with Gasteiger partial charge in [0.15, 0.2) is 0 Å². The van der Waals surface area contributed by atoms with Crippen LogP contribution in [-0.4, -0.2) is 62.8 Å². The second-order valence-electron chi connectivity index (χ2n) is 7.56. The molecule has 10 nitrogen and oxygen atoms in total. The number of amides is 3. The van der Waals surface area contributed by atoms with Gasteiger partial charge in [0, 0.05) is 0 Å². The van der Waals surface area contributed by atoms with E-state index < -0.39 is 42.0 Å². The lowest BCUT2D eigenvalue weighted by Gasteiger charge is -2.26. The molecule has 0 bridgehead atoms. The summed E-state index contributed by atoms with van der Waals surface area (Å²) in [5.41, 5.74) is 5.54. The first kappa shape index (κ1) is 26.6. The van der Waals surface area contributed by atoms with Crippen molar-refractivity contribution >= 4 is 23.9 Å². The summed E-state index contributed by atoms with van der Waals surface area (Å²) in [5, 5.41) is 7.76. The van der Waals surface area contributed by atoms with E-state index in [9.17, 15) is 19.2 Å². The first-order valence-corrected chi connectivity index (χ1v) is 9.80. The van der Waals surface area contributed by atoms with Crippen molar-refractivity contribution in [2.24, 2.45) is 17.6 Å². The van der Waals surface area contributed by atoms with Crippen molar-refractivity contribution in [3.63, 3.8) is 0 Å². The second kappa shape index (κ2) is 13.8. The van der Waals surface area contributed by atoms with Crippen LogP contribution in [0.25, 0.3) is 0 Å². The monoisotopic (exact) mass is 416 g/mol. The highest BCUT2D eigenvalue weighted by Crippen LogP contribution is 2.09. The molecule has 3 atom stereocenters. The zero-order valence-corrected chi connectivity index (χ0v) is 18.2. The minimum Gasteiger partial charge on any atom is -0.467 e. The standard InChI is InChI=1S/C19H36N4O6/c1-11(2)10-14(18(26)28-5)22-16(24)13(8-7-9-20)21-17(25)15(12(3)4)23-19(27)29-6/h11-15H,7-10,20H2,1-6H3,(H,21,25)(H,22,24)(H,23,27)/t13-,14-,15-/m0/s1. The molecule has 0 saturated carbocycles. The highest BCUT2D eigenvalue weighted by atomic mass is 16.5. The van der Waals surface area contributed by atoms with Gasteiger partial charge in [-0.1, -0.05) is 27.7 Å². The zero-order valence-electron chi connectivity index (χ0n) is 18.2. The third-order valence-electron chi connectivity index (χ3n) is 4.25. The Morgan fingerprint density at radius 3 is 1.90 bits per heavy atom. The molecule has 168 valence electrons. The van der Waals surface area contributed by atoms with Crippen LogP contribution in [0, 0.1) is 11.8 Å². The molecule has 0 aromatic heterocycles. The van der Waals surface area contributed by atoms with E-state index in [2.05, 4.69) is 20.7 Å². The molecule has 0 spiro atoms. The minimum absolute atomic E-state index is 0.145. The Bertz CT molecular complexity index is 553. The molecule has 0 aliphatic rings. The zero-order chi connectivity index (χ0) is 22.6. The molecule has 29 heavy (non-hydrogen) atoms. The van der Waals surface area contributed by atoms with Gasteiger partial charge in [-0.25, -0.2) is 9.59 Å². The van der Waals surface area contributed by atoms with E-state index in [0.717, 1.165) is 0 Å². The third-order valence-corrected chi connectivity index (χ3v) is 4.25. The van der Waals surface area contributed by atoms with Gasteiger partial charge in [0.05, 0.1) is 14.2 Å². The Labute approximate surface area is 172 Å². The van der Waals surface area contributed by atoms with E-state index in [0.29, 0.717) is 19.4 Å². The summed E-state index contributed by atoms with van der Waals surface area (Å²) < 4.78 is 9.31. The predicted molar refractivity (Wildman–Crippen MR) is 108 cm³/mol. The summed E-state index contributed by atoms with van der Waals surface area (Å²) in [7, 11) is 2.45. The summed E-state index contributed by atoms with van der Waals surface area (Å²) in [5.74, 6) is -1.69. The van der Waals surface area contributed by atoms with E-state index in [1.54, 1.807) is 13.8 Å². The molecule has 5 N–H and O–H groups in total. The van der Waals surface area contributed by atoms with Crippen LogP contribution in [0.4, 0.5) is 4.79 Å². The molecule has 0 heterocycles. The maximum Gasteiger partial charge on any atom is 0.407 e. The molecule has 0 rings (SSSR count). The van der Waals surface area contributed by atoms with E-state index in [1.807, 2.05) is 13.8 Å². The molecule has 0 aromatic rings. The van der Waals surface area contributed by atoms with Gasteiger partial charge in [0.2, 0.25) is 11.8 Å². The highest BCUT2D eigenvalue weighted by Gasteiger charge is 2.31. The Morgan fingerprint density at radius 1 is 0.862 bits per heavy atom. The van der Waals surface area contributed by atoms with Crippen LogP contribution in [0.1, 0.15) is 47.0 Å². The number of ether oxygens (including phenoxy) is 2. The van der Waals surface area contributed by atoms with Gasteiger partial charge in [-0.3, -0.25) is 9.59 Å². The van der Waals surface area contributed by atoms with Crippen molar-refractivity contribution < 1.29 is 28.7 Å². The maximum absolute atomic E-state index is 12.8. The first-order valence-electron chi connectivity index (χ1n) is 9.80. The molecular weight excluding hydrogens is 380 g/mol. The van der Waals surface area contributed by atoms with Gasteiger partial charge in [0.1, 0.15) is 18.1 Å². The number of nitrogens with two attached hydrogens (primary N) is 1. The van der Waals surface area contributed by atoms with Gasteiger partial charge < -0.3 is 31.2 Å². The smallest absolute Gasteiger partial charge is 0.407 e. The minimum atomic E-state index is -0.911. The van der Waals surface area contributed by atoms with Crippen LogP contribution in [0.5, 0.6) is 0 Å². The van der Waals surface area contributed by atoms with E-state index in [-0.39, 0.29) is 18.3 Å². The molecule has 0 saturated heterocycles. The lowest BCUT2D eigenvalue weighted by atomic mass is 10.0. The van der Waals surface area contributed by atoms with Crippen LogP contribution < -0.4 is 21.7 Å². The molecule has 10 heteroatoms. The fraction of sp³-hybridized carbons (Fsp3) is 0.789. The molecule has 0 fully saturated rings. The van der Waals surface area contributed by atoms with Crippen LogP contribution in [0.2, 0.25) is 0 Å². The number of hydrogen-bond acceptors (Lipinski definition) is 7. The normalized spacial score (nSPS) is 14.0. The molecule has 0 aliphatic heterocycles. The van der Waals surface area contributed by atoms with Gasteiger partial charge in [-0.2, -0.15) is 0 Å². The quantitative estimate of drug-likeness (QED) is 0.334. The van der Waals surface area contributed by atoms with Gasteiger partial charge in [-0.05, 0) is 37.6 Å². The number of esters is 1. The average Bonchev–Trinajstić information content (AvgIpc) is 2.66. The van der Waals surface area contributed by atoms with Crippen LogP contribution in [-0.2, 0) is 23.9 Å². The van der Waals surface area contributed by atoms with Crippen molar-refractivity contribution in [3.8, 4) is 0 Å². The Morgan fingerprint density at radius 2 is 1.45 bits per heavy atom. The van der Waals surface area contributed by atoms with Crippen LogP contribution >= 0.6 is 0 Å². The van der Waals surface area contributed by atoms with Gasteiger partial charge in [-0.15, -0.1) is 0 Å². The number of hydrogen-bond donors (Lipinski definition) is 4. The lowest BCUT2D eigenvalue weighted by molar-refractivity contribution is -0.146. The second-order valence-corrected chi connectivity index (χ2v) is 7.56. The summed E-state index contributed by atoms with van der Waals surface area (Å²) in [6, 6.07) is -2.62. The van der Waals surface area contributed by atoms with Crippen LogP contribution in [0.3, 0.4) is 0 Å². The predicted octanol–water partition coefficient (Wildman–Crippen LogP) is 0.295. The molecule has 0 aromatic carbocycles. The topological polar surface area (TPSA) is 149 Å². The van der Waals surface area contributed by atoms with E-state index in [4.69, 9.17) is 10.5 Å². The van der Waals surface area contributed by atoms with Gasteiger partial charge in [0.25, 0.3) is 0 Å². The van der Waals surface area contributed by atoms with Crippen molar-refractivity contribution in [3.05, 3.63) is 0 Å². The molecule has 3 amide bonds. The number of carbonyl (C=O) groups excluding carboxylic acids is 4. The number of carbonyl (C=O) groups is 4. The highest BCUT2D eigenvalue weighted by molar-refractivity contribution is 5.93. The Kier molecular flexibility index (Phi) is 12.6. The SMILES string of the molecule is COC(=O)N[C@H](C(=O)N[C@@H](CCCN)C(=O)N[C@@H](CC(C)C)C(=O)OC)C(C)C. The summed E-state index contributed by atoms with van der Waals surface area (Å²) in [6.45, 7) is 7.68. The summed E-state index contributed by atoms with van der Waals surface area (Å²) in [6.07, 6.45) is 0.424. The average molecular weight is 417 g/mol. The molecular formula is C19H36N4O6. The lowest BCUT2D eigenvalue weighted by Crippen LogP contribution is -2.57. The first-order chi connectivity index (χ1) is 13.6. The summed E-state index contributed by atoms with van der Waals surface area (Å²) >= 11 is 0. The van der Waals surface area contributed by atoms with Crippen molar-refractivity contribution in [1.29, 1.82) is 0 Å². The number of nitrogens with one attached hydrogen (secondary N) is 3. The molecule has 0 unspecified atom stereocenters. The summed E-state index contributed by atoms with van der Waals surface area (Å²) in [4.78, 5) is 49.0. The van der Waals surface area contributed by atoms with Crippen LogP contribution in [0.15, 0.2) is 0 Å². The largest absolute Gasteiger partial charge is 0.467 e. The number of methoxy groups -OCH3 is 2. The fourth-order valence-electron chi connectivity index (χ4n) is 2.67.